The van der Waals surface area contributed by atoms with Crippen molar-refractivity contribution < 1.29 is 202 Å². The van der Waals surface area contributed by atoms with E-state index in [0.717, 1.165) is 4.90 Å². The normalized spacial score (nSPS) is 11.3. The van der Waals surface area contributed by atoms with Crippen LogP contribution in [-0.4, -0.2) is 399 Å². The van der Waals surface area contributed by atoms with Crippen molar-refractivity contribution in [3.05, 3.63) is 59.2 Å². The van der Waals surface area contributed by atoms with E-state index in [4.69, 9.17) is 128 Å². The number of ether oxygens (including phenoxy) is 27. The SMILES string of the molecule is COCCOCCOCCOc1cc(COc2cc(COC(=O)CN(CCN(CCN(CC(=O)O)CC(=O)O)CC(=O)[O-])CC(=O)O)cc(OCc3cc(OCCOCCOCCOC)c(OCCOCCOCCOC)c(OCCOCCOCCOC)c3)c2)cc(OCCOCCOCCOC)c1OCCOCCOCCOC.[Na+]. The number of hydrogen-bond acceptors (Lipinski definition) is 36. The number of esters is 1. The molecule has 3 N–H and O–H groups in total. The molecular weight excluding hydrogens is 1570 g/mol. The van der Waals surface area contributed by atoms with Gasteiger partial charge in [0.15, 0.2) is 23.0 Å². The Bertz CT molecular complexity index is 2760. The van der Waals surface area contributed by atoms with Crippen LogP contribution in [0.3, 0.4) is 0 Å². The van der Waals surface area contributed by atoms with Crippen molar-refractivity contribution in [1.29, 1.82) is 0 Å². The maximum Gasteiger partial charge on any atom is 1.00 e. The Morgan fingerprint density at radius 3 is 0.761 bits per heavy atom. The maximum absolute atomic E-state index is 13.9. The largest absolute Gasteiger partial charge is 1.00 e. The second-order valence-electron chi connectivity index (χ2n) is 24.5. The Morgan fingerprint density at radius 1 is 0.274 bits per heavy atom. The van der Waals surface area contributed by atoms with E-state index in [1.807, 2.05) is 0 Å². The quantitative estimate of drug-likeness (QED) is 0.0317. The van der Waals surface area contributed by atoms with Crippen molar-refractivity contribution in [2.75, 3.05) is 339 Å². The van der Waals surface area contributed by atoms with Crippen molar-refractivity contribution in [1.82, 2.24) is 14.7 Å². The predicted octanol–water partition coefficient (Wildman–Crippen LogP) is -1.85. The molecular formula is C77H124N3NaO36. The monoisotopic (exact) mass is 1690 g/mol. The Morgan fingerprint density at radius 2 is 0.504 bits per heavy atom. The summed E-state index contributed by atoms with van der Waals surface area (Å²) in [7, 11) is 9.52. The fourth-order valence-corrected chi connectivity index (χ4v) is 9.80. The molecule has 0 atom stereocenters. The molecule has 0 radical (unpaired) electrons. The molecule has 0 saturated carbocycles. The van der Waals surface area contributed by atoms with Crippen molar-refractivity contribution >= 4 is 29.8 Å². The number of carboxylic acid groups (broad SMARTS) is 4. The Labute approximate surface area is 707 Å². The van der Waals surface area contributed by atoms with Gasteiger partial charge in [-0.05, 0) is 53.1 Å². The zero-order chi connectivity index (χ0) is 84.0. The number of carbonyl (C=O) groups excluding carboxylic acids is 2. The summed E-state index contributed by atoms with van der Waals surface area (Å²) in [6.45, 7) is 5.45. The van der Waals surface area contributed by atoms with Crippen LogP contribution in [-0.2, 0) is 134 Å². The summed E-state index contributed by atoms with van der Waals surface area (Å²) in [6.07, 6.45) is 0. The van der Waals surface area contributed by atoms with Crippen LogP contribution in [0.2, 0.25) is 0 Å². The first-order chi connectivity index (χ1) is 56.6. The van der Waals surface area contributed by atoms with Gasteiger partial charge in [0, 0.05) is 81.4 Å². The first kappa shape index (κ1) is 107. The molecule has 40 heteroatoms. The third-order valence-electron chi connectivity index (χ3n) is 15.3. The van der Waals surface area contributed by atoms with Crippen LogP contribution >= 0.6 is 0 Å². The van der Waals surface area contributed by atoms with Crippen LogP contribution in [0.25, 0.3) is 0 Å². The van der Waals surface area contributed by atoms with Crippen LogP contribution in [0.4, 0.5) is 0 Å². The standard InChI is InChI=1S/C77H125N3O36.Na/c1-90-11-17-96-23-29-102-35-41-108-67-49-63(50-68(109-42-36-103-30-24-97-18-12-91-2)76(67)112-45-39-106-33-27-100-21-15-94-5)59-114-65-47-62(61-116-75(89)58-80(57-74(87)88)10-8-78(54-71(81)82)7-9-79(55-72(83)84)56-73(85)86)48-66(53-65)115-60-64-51-69(110-43-37-104-31-25-98-19-13-92-3)77(113-46-40-107-34-28-101-22-16-95-6)70(52-64)111-44-38-105-32-26-99-20-14-93-4;/h47-53H,7-46,54-61H2,1-6H3,(H,81,82)(H,83,84)(H,85,86)(H,87,88);/q;+1/p-1. The average Bonchev–Trinajstić information content (AvgIpc) is 0.821. The molecule has 3 aromatic carbocycles. The van der Waals surface area contributed by atoms with Crippen molar-refractivity contribution in [2.24, 2.45) is 0 Å². The summed E-state index contributed by atoms with van der Waals surface area (Å²) in [5, 5.41) is 40.6. The van der Waals surface area contributed by atoms with E-state index < -0.39 is 69.2 Å². The third kappa shape index (κ3) is 57.4. The Kier molecular flexibility index (Phi) is 67.0. The summed E-state index contributed by atoms with van der Waals surface area (Å²) >= 11 is 0. The number of carbonyl (C=O) groups is 5. The van der Waals surface area contributed by atoms with Crippen molar-refractivity contribution in [3.63, 3.8) is 0 Å². The van der Waals surface area contributed by atoms with Gasteiger partial charge in [-0.25, -0.2) is 0 Å². The van der Waals surface area contributed by atoms with Gasteiger partial charge in [-0.2, -0.15) is 0 Å². The Balaban J connectivity index is 0.0000464. The molecule has 0 aromatic heterocycles. The van der Waals surface area contributed by atoms with E-state index in [1.165, 1.54) is 9.80 Å². The third-order valence-corrected chi connectivity index (χ3v) is 15.3. The molecule has 0 aliphatic carbocycles. The molecule has 0 heterocycles. The zero-order valence-electron chi connectivity index (χ0n) is 69.1. The maximum atomic E-state index is 13.9. The molecule has 39 nitrogen and oxygen atoms in total. The number of methoxy groups -OCH3 is 6. The first-order valence-corrected chi connectivity index (χ1v) is 38.2. The van der Waals surface area contributed by atoms with E-state index in [2.05, 4.69) is 0 Å². The molecule has 3 aromatic rings. The van der Waals surface area contributed by atoms with Gasteiger partial charge >= 0.3 is 53.4 Å². The van der Waals surface area contributed by atoms with E-state index in [0.29, 0.717) is 149 Å². The molecule has 0 spiro atoms. The van der Waals surface area contributed by atoms with E-state index >= 15 is 0 Å². The number of benzene rings is 3. The smallest absolute Gasteiger partial charge is 0.549 e. The summed E-state index contributed by atoms with van der Waals surface area (Å²) in [5.74, 6) is -4.34. The molecule has 0 fully saturated rings. The molecule has 0 saturated heterocycles. The topological polar surface area (TPSA) is 428 Å². The first-order valence-electron chi connectivity index (χ1n) is 38.2. The summed E-state index contributed by atoms with van der Waals surface area (Å²) in [6, 6.07) is 11.7. The second-order valence-corrected chi connectivity index (χ2v) is 24.5. The molecule has 0 aliphatic heterocycles. The van der Waals surface area contributed by atoms with Crippen LogP contribution in [0.1, 0.15) is 16.7 Å². The molecule has 117 heavy (non-hydrogen) atoms. The van der Waals surface area contributed by atoms with Crippen LogP contribution < -0.4 is 72.6 Å². The van der Waals surface area contributed by atoms with Crippen LogP contribution in [0.15, 0.2) is 42.5 Å². The van der Waals surface area contributed by atoms with Gasteiger partial charge in [0.25, 0.3) is 0 Å². The number of hydrogen-bond donors (Lipinski definition) is 3. The molecule has 0 amide bonds. The minimum absolute atomic E-state index is 0. The molecule has 664 valence electrons. The average molecular weight is 1690 g/mol. The predicted molar refractivity (Wildman–Crippen MR) is 409 cm³/mol. The van der Waals surface area contributed by atoms with E-state index in [-0.39, 0.29) is 221 Å². The summed E-state index contributed by atoms with van der Waals surface area (Å²) in [5.41, 5.74) is 1.40. The molecule has 0 bridgehead atoms. The van der Waals surface area contributed by atoms with Crippen molar-refractivity contribution in [3.8, 4) is 46.0 Å². The second kappa shape index (κ2) is 73.5. The van der Waals surface area contributed by atoms with Crippen LogP contribution in [0.5, 0.6) is 46.0 Å². The fraction of sp³-hybridized carbons (Fsp3) is 0.701. The number of nitrogens with zero attached hydrogens (tertiary/aromatic N) is 3. The number of aliphatic carboxylic acids is 4. The number of carboxylic acids is 4. The van der Waals surface area contributed by atoms with E-state index in [1.54, 1.807) is 85.1 Å². The van der Waals surface area contributed by atoms with Gasteiger partial charge in [0.05, 0.1) is 230 Å². The summed E-state index contributed by atoms with van der Waals surface area (Å²) in [4.78, 5) is 64.6. The van der Waals surface area contributed by atoms with Gasteiger partial charge in [-0.3, -0.25) is 33.9 Å². The van der Waals surface area contributed by atoms with E-state index in [9.17, 15) is 44.4 Å². The molecule has 0 aliphatic rings. The Hall–Kier alpha value is -6.43. The molecule has 0 unspecified atom stereocenters. The van der Waals surface area contributed by atoms with Gasteiger partial charge in [0.1, 0.15) is 71.0 Å². The fourth-order valence-electron chi connectivity index (χ4n) is 9.80. The van der Waals surface area contributed by atoms with Crippen LogP contribution in [0, 0.1) is 0 Å². The number of rotatable bonds is 84. The minimum Gasteiger partial charge on any atom is -0.549 e. The van der Waals surface area contributed by atoms with Gasteiger partial charge in [-0.1, -0.05) is 0 Å². The van der Waals surface area contributed by atoms with Gasteiger partial charge < -0.3 is 153 Å². The van der Waals surface area contributed by atoms with Crippen molar-refractivity contribution in [2.45, 2.75) is 19.8 Å². The van der Waals surface area contributed by atoms with Gasteiger partial charge in [0.2, 0.25) is 11.5 Å². The van der Waals surface area contributed by atoms with Gasteiger partial charge in [-0.15, -0.1) is 0 Å². The zero-order valence-corrected chi connectivity index (χ0v) is 71.1. The molecule has 3 rings (SSSR count). The summed E-state index contributed by atoms with van der Waals surface area (Å²) < 4.78 is 156. The minimum atomic E-state index is -1.51.